The summed E-state index contributed by atoms with van der Waals surface area (Å²) in [5.41, 5.74) is 5.52. The number of nitrogen functional groups attached to an aromatic ring is 1. The summed E-state index contributed by atoms with van der Waals surface area (Å²) in [7, 11) is 0. The lowest BCUT2D eigenvalue weighted by atomic mass is 9.75. The van der Waals surface area contributed by atoms with E-state index in [1.165, 1.54) is 29.5 Å². The molecule has 118 valence electrons. The zero-order valence-corrected chi connectivity index (χ0v) is 14.4. The van der Waals surface area contributed by atoms with Gasteiger partial charge in [-0.2, -0.15) is 0 Å². The lowest BCUT2D eigenvalue weighted by Crippen LogP contribution is -2.36. The number of hydrogen-bond acceptors (Lipinski definition) is 7. The summed E-state index contributed by atoms with van der Waals surface area (Å²) in [5.74, 6) is 1.76. The second-order valence-corrected chi connectivity index (χ2v) is 8.28. The van der Waals surface area contributed by atoms with Gasteiger partial charge in [0.05, 0.1) is 5.75 Å². The molecule has 0 unspecified atom stereocenters. The van der Waals surface area contributed by atoms with Crippen molar-refractivity contribution >= 4 is 34.2 Å². The molecule has 7 heteroatoms. The molecule has 1 fully saturated rings. The Labute approximate surface area is 134 Å². The topological polar surface area (TPSA) is 78.1 Å². The van der Waals surface area contributed by atoms with Crippen molar-refractivity contribution in [2.24, 2.45) is 17.8 Å². The van der Waals surface area contributed by atoms with Gasteiger partial charge in [0, 0.05) is 0 Å². The molecule has 21 heavy (non-hydrogen) atoms. The summed E-state index contributed by atoms with van der Waals surface area (Å²) in [4.78, 5) is 12.0. The normalized spacial score (nSPS) is 26.0. The molecular formula is C14H23N3O2S2. The van der Waals surface area contributed by atoms with E-state index in [1.54, 1.807) is 0 Å². The third-order valence-electron chi connectivity index (χ3n) is 3.98. The summed E-state index contributed by atoms with van der Waals surface area (Å²) in [6.07, 6.45) is 3.42. The predicted molar refractivity (Wildman–Crippen MR) is 86.3 cm³/mol. The second kappa shape index (κ2) is 7.45. The van der Waals surface area contributed by atoms with Gasteiger partial charge < -0.3 is 10.5 Å². The van der Waals surface area contributed by atoms with Crippen molar-refractivity contribution < 1.29 is 9.53 Å². The van der Waals surface area contributed by atoms with E-state index in [9.17, 15) is 4.79 Å². The molecule has 1 saturated carbocycles. The Hall–Kier alpha value is -0.820. The highest BCUT2D eigenvalue weighted by molar-refractivity contribution is 8.01. The molecule has 0 bridgehead atoms. The van der Waals surface area contributed by atoms with Crippen LogP contribution in [0.3, 0.4) is 0 Å². The number of anilines is 1. The number of esters is 1. The minimum Gasteiger partial charge on any atom is -0.461 e. The smallest absolute Gasteiger partial charge is 0.316 e. The van der Waals surface area contributed by atoms with Crippen LogP contribution in [0, 0.1) is 17.8 Å². The fourth-order valence-corrected chi connectivity index (χ4v) is 4.27. The van der Waals surface area contributed by atoms with Crippen LogP contribution in [0.1, 0.15) is 40.0 Å². The molecule has 2 N–H and O–H groups in total. The van der Waals surface area contributed by atoms with Crippen LogP contribution in [0.5, 0.6) is 0 Å². The third-order valence-corrected chi connectivity index (χ3v) is 5.84. The molecule has 3 atom stereocenters. The summed E-state index contributed by atoms with van der Waals surface area (Å²) in [5, 5.41) is 8.04. The number of nitrogens with two attached hydrogens (primary N) is 1. The lowest BCUT2D eigenvalue weighted by Gasteiger charge is -2.36. The Morgan fingerprint density at radius 3 is 2.86 bits per heavy atom. The van der Waals surface area contributed by atoms with E-state index in [1.807, 2.05) is 0 Å². The van der Waals surface area contributed by atoms with Gasteiger partial charge in [0.1, 0.15) is 6.10 Å². The number of carbonyl (C=O) groups excluding carboxylic acids is 1. The van der Waals surface area contributed by atoms with E-state index >= 15 is 0 Å². The van der Waals surface area contributed by atoms with Crippen molar-refractivity contribution in [2.45, 2.75) is 50.5 Å². The van der Waals surface area contributed by atoms with Crippen LogP contribution in [-0.2, 0) is 9.53 Å². The number of nitrogens with zero attached hydrogens (tertiary/aromatic N) is 2. The Kier molecular flexibility index (Phi) is 5.87. The van der Waals surface area contributed by atoms with Gasteiger partial charge in [-0.15, -0.1) is 10.2 Å². The first kappa shape index (κ1) is 16.5. The fraction of sp³-hybridized carbons (Fsp3) is 0.786. The molecule has 1 aromatic rings. The van der Waals surface area contributed by atoms with Crippen LogP contribution in [-0.4, -0.2) is 28.0 Å². The SMILES string of the molecule is CC(C)[C@H]1CC[C@@H](C)C[C@@H]1OC(=O)CSc1nnc(N)s1. The molecule has 0 aliphatic heterocycles. The number of rotatable bonds is 5. The standard InChI is InChI=1S/C14H23N3O2S2/c1-8(2)10-5-4-9(3)6-11(10)19-12(18)7-20-14-17-16-13(15)21-14/h8-11H,4-7H2,1-3H3,(H2,15,16)/t9-,10-,11+/m1/s1. The highest BCUT2D eigenvalue weighted by Gasteiger charge is 2.33. The first-order valence-electron chi connectivity index (χ1n) is 7.37. The third kappa shape index (κ3) is 4.85. The minimum atomic E-state index is -0.168. The number of ether oxygens (including phenoxy) is 1. The molecular weight excluding hydrogens is 306 g/mol. The molecule has 1 aliphatic carbocycles. The van der Waals surface area contributed by atoms with E-state index in [4.69, 9.17) is 10.5 Å². The lowest BCUT2D eigenvalue weighted by molar-refractivity contribution is -0.152. The van der Waals surface area contributed by atoms with E-state index in [0.717, 1.165) is 12.8 Å². The second-order valence-electron chi connectivity index (χ2n) is 6.05. The van der Waals surface area contributed by atoms with Gasteiger partial charge in [0.15, 0.2) is 4.34 Å². The maximum Gasteiger partial charge on any atom is 0.316 e. The van der Waals surface area contributed by atoms with Gasteiger partial charge in [-0.1, -0.05) is 50.3 Å². The van der Waals surface area contributed by atoms with Gasteiger partial charge in [0.2, 0.25) is 5.13 Å². The highest BCUT2D eigenvalue weighted by Crippen LogP contribution is 2.35. The molecule has 1 heterocycles. The quantitative estimate of drug-likeness (QED) is 0.660. The molecule has 0 spiro atoms. The maximum absolute atomic E-state index is 12.0. The number of carbonyl (C=O) groups is 1. The monoisotopic (exact) mass is 329 g/mol. The van der Waals surface area contributed by atoms with Crippen LogP contribution in [0.15, 0.2) is 4.34 Å². The van der Waals surface area contributed by atoms with E-state index in [2.05, 4.69) is 31.0 Å². The van der Waals surface area contributed by atoms with Gasteiger partial charge in [0.25, 0.3) is 0 Å². The summed E-state index contributed by atoms with van der Waals surface area (Å²) in [6, 6.07) is 0. The molecule has 0 amide bonds. The molecule has 2 rings (SSSR count). The van der Waals surface area contributed by atoms with Crippen molar-refractivity contribution in [3.05, 3.63) is 0 Å². The van der Waals surface area contributed by atoms with Crippen molar-refractivity contribution in [3.63, 3.8) is 0 Å². The molecule has 0 saturated heterocycles. The first-order chi connectivity index (χ1) is 9.95. The summed E-state index contributed by atoms with van der Waals surface area (Å²) < 4.78 is 6.44. The molecule has 5 nitrogen and oxygen atoms in total. The van der Waals surface area contributed by atoms with Crippen LogP contribution in [0.4, 0.5) is 5.13 Å². The maximum atomic E-state index is 12.0. The minimum absolute atomic E-state index is 0.0568. The predicted octanol–water partition coefficient (Wildman–Crippen LogP) is 3.22. The Morgan fingerprint density at radius 1 is 1.48 bits per heavy atom. The van der Waals surface area contributed by atoms with Crippen LogP contribution >= 0.6 is 23.1 Å². The van der Waals surface area contributed by atoms with Crippen molar-refractivity contribution in [1.82, 2.24) is 10.2 Å². The Morgan fingerprint density at radius 2 is 2.24 bits per heavy atom. The zero-order chi connectivity index (χ0) is 15.4. The average Bonchev–Trinajstić information content (AvgIpc) is 2.82. The van der Waals surface area contributed by atoms with E-state index in [-0.39, 0.29) is 17.8 Å². The number of thioether (sulfide) groups is 1. The number of hydrogen-bond donors (Lipinski definition) is 1. The van der Waals surface area contributed by atoms with Crippen LogP contribution in [0.2, 0.25) is 0 Å². The summed E-state index contributed by atoms with van der Waals surface area (Å²) >= 11 is 2.63. The van der Waals surface area contributed by atoms with E-state index in [0.29, 0.717) is 27.2 Å². The van der Waals surface area contributed by atoms with Crippen molar-refractivity contribution in [2.75, 3.05) is 11.5 Å². The molecule has 1 aromatic heterocycles. The van der Waals surface area contributed by atoms with Crippen molar-refractivity contribution in [1.29, 1.82) is 0 Å². The number of aromatic nitrogens is 2. The Balaban J connectivity index is 1.84. The van der Waals surface area contributed by atoms with Crippen molar-refractivity contribution in [3.8, 4) is 0 Å². The van der Waals surface area contributed by atoms with E-state index < -0.39 is 0 Å². The fourth-order valence-electron chi connectivity index (χ4n) is 2.85. The molecule has 0 radical (unpaired) electrons. The van der Waals surface area contributed by atoms with Gasteiger partial charge in [-0.3, -0.25) is 4.79 Å². The van der Waals surface area contributed by atoms with Gasteiger partial charge >= 0.3 is 5.97 Å². The Bertz CT molecular complexity index is 479. The van der Waals surface area contributed by atoms with Crippen LogP contribution in [0.25, 0.3) is 0 Å². The molecule has 0 aromatic carbocycles. The van der Waals surface area contributed by atoms with Gasteiger partial charge in [-0.25, -0.2) is 0 Å². The van der Waals surface area contributed by atoms with Gasteiger partial charge in [-0.05, 0) is 30.6 Å². The first-order valence-corrected chi connectivity index (χ1v) is 9.17. The highest BCUT2D eigenvalue weighted by atomic mass is 32.2. The zero-order valence-electron chi connectivity index (χ0n) is 12.7. The summed E-state index contributed by atoms with van der Waals surface area (Å²) in [6.45, 7) is 6.65. The molecule has 1 aliphatic rings. The van der Waals surface area contributed by atoms with Crippen LogP contribution < -0.4 is 5.73 Å². The average molecular weight is 329 g/mol. The largest absolute Gasteiger partial charge is 0.461 e.